The Balaban J connectivity index is 1.69. The molecule has 22 heavy (non-hydrogen) atoms. The average Bonchev–Trinajstić information content (AvgIpc) is 2.61. The van der Waals surface area contributed by atoms with E-state index in [-0.39, 0.29) is 11.8 Å². The minimum atomic E-state index is 0.184. The predicted molar refractivity (Wildman–Crippen MR) is 85.9 cm³/mol. The van der Waals surface area contributed by atoms with Gasteiger partial charge in [-0.15, -0.1) is 0 Å². The van der Waals surface area contributed by atoms with Crippen molar-refractivity contribution in [2.24, 2.45) is 5.92 Å². The van der Waals surface area contributed by atoms with Crippen molar-refractivity contribution in [3.63, 3.8) is 0 Å². The summed E-state index contributed by atoms with van der Waals surface area (Å²) >= 11 is 0. The van der Waals surface area contributed by atoms with Gasteiger partial charge < -0.3 is 5.32 Å². The number of carbonyl (C=O) groups excluding carboxylic acids is 1. The quantitative estimate of drug-likeness (QED) is 0.941. The molecule has 0 radical (unpaired) electrons. The fraction of sp³-hybridized carbons (Fsp3) is 0.389. The van der Waals surface area contributed by atoms with Crippen LogP contribution in [0.5, 0.6) is 0 Å². The van der Waals surface area contributed by atoms with Gasteiger partial charge in [0.05, 0.1) is 5.69 Å². The highest BCUT2D eigenvalue weighted by molar-refractivity contribution is 5.79. The number of hydrogen-bond donors (Lipinski definition) is 1. The molecule has 0 saturated heterocycles. The summed E-state index contributed by atoms with van der Waals surface area (Å²) < 4.78 is 0. The first-order valence-electron chi connectivity index (χ1n) is 7.96. The topological polar surface area (TPSA) is 54.9 Å². The number of amides is 1. The molecule has 3 rings (SSSR count). The number of rotatable bonds is 4. The van der Waals surface area contributed by atoms with Crippen LogP contribution in [0.25, 0.3) is 11.3 Å². The smallest absolute Gasteiger partial charge is 0.223 e. The number of nitrogens with zero attached hydrogens (tertiary/aromatic N) is 2. The lowest BCUT2D eigenvalue weighted by molar-refractivity contribution is -0.126. The van der Waals surface area contributed by atoms with Crippen molar-refractivity contribution in [3.05, 3.63) is 48.4 Å². The summed E-state index contributed by atoms with van der Waals surface area (Å²) in [5.41, 5.74) is 2.98. The van der Waals surface area contributed by atoms with Crippen molar-refractivity contribution in [2.45, 2.75) is 38.6 Å². The van der Waals surface area contributed by atoms with E-state index in [0.717, 1.165) is 29.7 Å². The van der Waals surface area contributed by atoms with E-state index in [1.54, 1.807) is 18.6 Å². The van der Waals surface area contributed by atoms with Gasteiger partial charge >= 0.3 is 0 Å². The van der Waals surface area contributed by atoms with Crippen LogP contribution in [0.15, 0.2) is 42.9 Å². The second kappa shape index (κ2) is 7.16. The van der Waals surface area contributed by atoms with Crippen molar-refractivity contribution in [3.8, 4) is 11.3 Å². The van der Waals surface area contributed by atoms with Crippen LogP contribution in [0.3, 0.4) is 0 Å². The summed E-state index contributed by atoms with van der Waals surface area (Å²) in [6.45, 7) is 0.529. The van der Waals surface area contributed by atoms with E-state index in [2.05, 4.69) is 15.3 Å². The van der Waals surface area contributed by atoms with Crippen molar-refractivity contribution in [1.29, 1.82) is 0 Å². The van der Waals surface area contributed by atoms with E-state index in [1.807, 2.05) is 24.3 Å². The molecule has 2 aromatic heterocycles. The van der Waals surface area contributed by atoms with Gasteiger partial charge in [0.1, 0.15) is 0 Å². The monoisotopic (exact) mass is 295 g/mol. The van der Waals surface area contributed by atoms with Gasteiger partial charge in [0, 0.05) is 36.6 Å². The lowest BCUT2D eigenvalue weighted by Crippen LogP contribution is -2.31. The summed E-state index contributed by atoms with van der Waals surface area (Å²) in [6.07, 6.45) is 11.0. The molecule has 0 spiro atoms. The van der Waals surface area contributed by atoms with Gasteiger partial charge in [-0.05, 0) is 36.6 Å². The van der Waals surface area contributed by atoms with Gasteiger partial charge in [0.15, 0.2) is 0 Å². The van der Waals surface area contributed by atoms with Gasteiger partial charge in [0.2, 0.25) is 5.91 Å². The van der Waals surface area contributed by atoms with Crippen LogP contribution in [0.1, 0.15) is 37.7 Å². The summed E-state index contributed by atoms with van der Waals surface area (Å²) in [7, 11) is 0. The highest BCUT2D eigenvalue weighted by atomic mass is 16.1. The first-order chi connectivity index (χ1) is 10.8. The molecule has 4 nitrogen and oxygen atoms in total. The molecule has 0 unspecified atom stereocenters. The lowest BCUT2D eigenvalue weighted by atomic mass is 9.88. The molecule has 1 saturated carbocycles. The van der Waals surface area contributed by atoms with Crippen LogP contribution >= 0.6 is 0 Å². The molecule has 0 bridgehead atoms. The molecule has 2 heterocycles. The van der Waals surface area contributed by atoms with Crippen molar-refractivity contribution >= 4 is 5.91 Å². The molecule has 4 heteroatoms. The highest BCUT2D eigenvalue weighted by Gasteiger charge is 2.20. The molecule has 1 N–H and O–H groups in total. The zero-order valence-corrected chi connectivity index (χ0v) is 12.7. The molecule has 0 aromatic carbocycles. The molecule has 1 aliphatic rings. The van der Waals surface area contributed by atoms with Gasteiger partial charge in [-0.25, -0.2) is 0 Å². The Labute approximate surface area is 131 Å². The van der Waals surface area contributed by atoms with E-state index >= 15 is 0 Å². The number of nitrogens with one attached hydrogen (secondary N) is 1. The maximum atomic E-state index is 12.3. The Bertz CT molecular complexity index is 621. The zero-order valence-electron chi connectivity index (χ0n) is 12.7. The van der Waals surface area contributed by atoms with E-state index in [9.17, 15) is 4.79 Å². The third-order valence-corrected chi connectivity index (χ3v) is 4.27. The van der Waals surface area contributed by atoms with Crippen LogP contribution in [-0.2, 0) is 11.3 Å². The third kappa shape index (κ3) is 3.50. The number of carbonyl (C=O) groups is 1. The van der Waals surface area contributed by atoms with Gasteiger partial charge in [-0.2, -0.15) is 0 Å². The molecular formula is C18H21N3O. The second-order valence-electron chi connectivity index (χ2n) is 5.80. The Morgan fingerprint density at radius 1 is 1.09 bits per heavy atom. The third-order valence-electron chi connectivity index (χ3n) is 4.27. The summed E-state index contributed by atoms with van der Waals surface area (Å²) in [5, 5.41) is 3.08. The normalized spacial score (nSPS) is 15.5. The Kier molecular flexibility index (Phi) is 4.78. The zero-order chi connectivity index (χ0) is 15.2. The lowest BCUT2D eigenvalue weighted by Gasteiger charge is -2.21. The van der Waals surface area contributed by atoms with Crippen molar-refractivity contribution in [1.82, 2.24) is 15.3 Å². The van der Waals surface area contributed by atoms with E-state index in [0.29, 0.717) is 6.54 Å². The highest BCUT2D eigenvalue weighted by Crippen LogP contribution is 2.24. The standard InChI is InChI=1S/C18H21N3O/c22-18(15-5-2-1-3-6-15)21-13-16-7-4-10-20-17(16)14-8-11-19-12-9-14/h4,7-12,15H,1-3,5-6,13H2,(H,21,22). The second-order valence-corrected chi connectivity index (χ2v) is 5.80. The molecule has 114 valence electrons. The van der Waals surface area contributed by atoms with Crippen LogP contribution in [0.2, 0.25) is 0 Å². The first kappa shape index (κ1) is 14.7. The predicted octanol–water partition coefficient (Wildman–Crippen LogP) is 3.34. The Morgan fingerprint density at radius 3 is 2.64 bits per heavy atom. The first-order valence-corrected chi connectivity index (χ1v) is 7.96. The maximum Gasteiger partial charge on any atom is 0.223 e. The van der Waals surface area contributed by atoms with Crippen LogP contribution < -0.4 is 5.32 Å². The van der Waals surface area contributed by atoms with Crippen LogP contribution in [0, 0.1) is 5.92 Å². The van der Waals surface area contributed by atoms with E-state index in [1.165, 1.54) is 19.3 Å². The van der Waals surface area contributed by atoms with Crippen LogP contribution in [0.4, 0.5) is 0 Å². The van der Waals surface area contributed by atoms with Gasteiger partial charge in [0.25, 0.3) is 0 Å². The molecule has 1 amide bonds. The molecule has 1 aliphatic carbocycles. The molecule has 1 fully saturated rings. The largest absolute Gasteiger partial charge is 0.352 e. The average molecular weight is 295 g/mol. The molecule has 0 aliphatic heterocycles. The Morgan fingerprint density at radius 2 is 1.86 bits per heavy atom. The molecule has 0 atom stereocenters. The van der Waals surface area contributed by atoms with Crippen molar-refractivity contribution in [2.75, 3.05) is 0 Å². The molecule has 2 aromatic rings. The fourth-order valence-electron chi connectivity index (χ4n) is 3.04. The van der Waals surface area contributed by atoms with E-state index in [4.69, 9.17) is 0 Å². The maximum absolute atomic E-state index is 12.3. The summed E-state index contributed by atoms with van der Waals surface area (Å²) in [6, 6.07) is 7.81. The van der Waals surface area contributed by atoms with Gasteiger partial charge in [-0.1, -0.05) is 25.3 Å². The van der Waals surface area contributed by atoms with E-state index < -0.39 is 0 Å². The number of aromatic nitrogens is 2. The Hall–Kier alpha value is -2.23. The SMILES string of the molecule is O=C(NCc1cccnc1-c1ccncc1)C1CCCCC1. The number of pyridine rings is 2. The summed E-state index contributed by atoms with van der Waals surface area (Å²) in [5.74, 6) is 0.374. The van der Waals surface area contributed by atoms with Crippen molar-refractivity contribution < 1.29 is 4.79 Å². The molecular weight excluding hydrogens is 274 g/mol. The fourth-order valence-corrected chi connectivity index (χ4v) is 3.04. The number of hydrogen-bond acceptors (Lipinski definition) is 3. The summed E-state index contributed by atoms with van der Waals surface area (Å²) in [4.78, 5) is 20.8. The minimum Gasteiger partial charge on any atom is -0.352 e. The minimum absolute atomic E-state index is 0.184. The van der Waals surface area contributed by atoms with Crippen LogP contribution in [-0.4, -0.2) is 15.9 Å². The van der Waals surface area contributed by atoms with Gasteiger partial charge in [-0.3, -0.25) is 14.8 Å².